The Morgan fingerprint density at radius 2 is 1.76 bits per heavy atom. The van der Waals surface area contributed by atoms with Gasteiger partial charge in [0.05, 0.1) is 18.2 Å². The predicted molar refractivity (Wildman–Crippen MR) is 142 cm³/mol. The average Bonchev–Trinajstić information content (AvgIpc) is 3.19. The van der Waals surface area contributed by atoms with E-state index in [1.807, 2.05) is 36.6 Å². The summed E-state index contributed by atoms with van der Waals surface area (Å²) in [5.41, 5.74) is 3.08. The van der Waals surface area contributed by atoms with Gasteiger partial charge in [0.15, 0.2) is 11.5 Å². The molecule has 4 aromatic rings. The maximum atomic E-state index is 13.2. The number of nitrogens with one attached hydrogen (secondary N) is 1. The van der Waals surface area contributed by atoms with Crippen molar-refractivity contribution in [3.8, 4) is 17.1 Å². The summed E-state index contributed by atoms with van der Waals surface area (Å²) >= 11 is 0. The number of fused-ring (bicyclic) bond motifs is 1. The first-order chi connectivity index (χ1) is 18.0. The minimum atomic E-state index is -4.39. The van der Waals surface area contributed by atoms with E-state index >= 15 is 0 Å². The van der Waals surface area contributed by atoms with E-state index in [0.29, 0.717) is 45.9 Å². The molecule has 1 aliphatic carbocycles. The van der Waals surface area contributed by atoms with Crippen molar-refractivity contribution < 1.29 is 17.9 Å². The van der Waals surface area contributed by atoms with Gasteiger partial charge in [-0.2, -0.15) is 13.2 Å². The molecule has 1 atom stereocenters. The highest BCUT2D eigenvalue weighted by atomic mass is 19.4. The molecule has 0 bridgehead atoms. The van der Waals surface area contributed by atoms with Crippen LogP contribution < -0.4 is 10.1 Å². The van der Waals surface area contributed by atoms with Crippen molar-refractivity contribution in [1.29, 1.82) is 0 Å². The highest BCUT2D eigenvalue weighted by Crippen LogP contribution is 2.39. The van der Waals surface area contributed by atoms with Gasteiger partial charge in [0, 0.05) is 12.6 Å². The van der Waals surface area contributed by atoms with Crippen molar-refractivity contribution in [3.63, 3.8) is 0 Å². The van der Waals surface area contributed by atoms with Crippen LogP contribution in [-0.4, -0.2) is 32.7 Å². The molecule has 0 amide bonds. The van der Waals surface area contributed by atoms with Crippen LogP contribution in [0, 0.1) is 25.7 Å². The van der Waals surface area contributed by atoms with Crippen LogP contribution in [0.5, 0.6) is 5.75 Å². The van der Waals surface area contributed by atoms with Crippen LogP contribution in [0.15, 0.2) is 42.5 Å². The SMILES string of the molecule is COc1ccc(C)cc1-c1nc2nc(C)nc(NC(C)C3CC(C)C3)c2n1Cc1ccc(C(F)(F)F)cc1. The van der Waals surface area contributed by atoms with Gasteiger partial charge < -0.3 is 14.6 Å². The van der Waals surface area contributed by atoms with Gasteiger partial charge in [0.25, 0.3) is 0 Å². The number of imidazole rings is 1. The number of hydrogen-bond donors (Lipinski definition) is 1. The van der Waals surface area contributed by atoms with Crippen LogP contribution in [-0.2, 0) is 12.7 Å². The second-order valence-corrected chi connectivity index (χ2v) is 10.5. The topological polar surface area (TPSA) is 64.9 Å². The molecule has 1 N–H and O–H groups in total. The second-order valence-electron chi connectivity index (χ2n) is 10.5. The van der Waals surface area contributed by atoms with Crippen molar-refractivity contribution in [2.45, 2.75) is 59.3 Å². The Bertz CT molecular complexity index is 1460. The van der Waals surface area contributed by atoms with Crippen LogP contribution in [0.1, 0.15) is 49.2 Å². The molecule has 0 saturated heterocycles. The van der Waals surface area contributed by atoms with Gasteiger partial charge in [0.2, 0.25) is 0 Å². The largest absolute Gasteiger partial charge is 0.496 e. The lowest BCUT2D eigenvalue weighted by Gasteiger charge is -2.37. The number of halogens is 3. The number of benzene rings is 2. The van der Waals surface area contributed by atoms with Crippen LogP contribution in [0.25, 0.3) is 22.6 Å². The van der Waals surface area contributed by atoms with Crippen LogP contribution in [0.2, 0.25) is 0 Å². The highest BCUT2D eigenvalue weighted by Gasteiger charge is 2.32. The Morgan fingerprint density at radius 1 is 1.05 bits per heavy atom. The number of anilines is 1. The zero-order valence-corrected chi connectivity index (χ0v) is 22.2. The van der Waals surface area contributed by atoms with Gasteiger partial charge in [-0.25, -0.2) is 15.0 Å². The third-order valence-electron chi connectivity index (χ3n) is 7.41. The summed E-state index contributed by atoms with van der Waals surface area (Å²) < 4.78 is 47.2. The molecule has 0 radical (unpaired) electrons. The van der Waals surface area contributed by atoms with E-state index < -0.39 is 11.7 Å². The lowest BCUT2D eigenvalue weighted by Crippen LogP contribution is -2.35. The molecule has 9 heteroatoms. The van der Waals surface area contributed by atoms with Gasteiger partial charge in [-0.3, -0.25) is 0 Å². The number of nitrogens with zero attached hydrogens (tertiary/aromatic N) is 4. The Balaban J connectivity index is 1.66. The fraction of sp³-hybridized carbons (Fsp3) is 0.414. The number of methoxy groups -OCH3 is 1. The van der Waals surface area contributed by atoms with E-state index in [0.717, 1.165) is 42.0 Å². The van der Waals surface area contributed by atoms with Crippen molar-refractivity contribution in [2.75, 3.05) is 12.4 Å². The number of alkyl halides is 3. The molecule has 1 saturated carbocycles. The Hall–Kier alpha value is -3.62. The molecule has 1 aliphatic rings. The highest BCUT2D eigenvalue weighted by molar-refractivity contribution is 5.88. The smallest absolute Gasteiger partial charge is 0.416 e. The molecule has 1 fully saturated rings. The molecule has 2 aromatic carbocycles. The minimum absolute atomic E-state index is 0.204. The van der Waals surface area contributed by atoms with E-state index in [4.69, 9.17) is 14.7 Å². The first kappa shape index (κ1) is 26.0. The lowest BCUT2D eigenvalue weighted by atomic mass is 9.72. The molecule has 6 nitrogen and oxygen atoms in total. The van der Waals surface area contributed by atoms with Crippen molar-refractivity contribution in [2.24, 2.45) is 11.8 Å². The van der Waals surface area contributed by atoms with Gasteiger partial charge in [0.1, 0.15) is 22.9 Å². The number of ether oxygens (including phenoxy) is 1. The van der Waals surface area contributed by atoms with Crippen LogP contribution in [0.3, 0.4) is 0 Å². The summed E-state index contributed by atoms with van der Waals surface area (Å²) in [6.45, 7) is 8.54. The lowest BCUT2D eigenvalue weighted by molar-refractivity contribution is -0.137. The molecule has 38 heavy (non-hydrogen) atoms. The average molecular weight is 524 g/mol. The van der Waals surface area contributed by atoms with Gasteiger partial charge in [-0.1, -0.05) is 30.7 Å². The van der Waals surface area contributed by atoms with Crippen molar-refractivity contribution >= 4 is 17.0 Å². The Kier molecular flexibility index (Phi) is 6.79. The zero-order valence-electron chi connectivity index (χ0n) is 22.2. The number of aryl methyl sites for hydroxylation is 2. The van der Waals surface area contributed by atoms with Gasteiger partial charge in [-0.05, 0) is 75.3 Å². The first-order valence-electron chi connectivity index (χ1n) is 12.9. The molecule has 2 heterocycles. The zero-order chi connectivity index (χ0) is 27.2. The van der Waals surface area contributed by atoms with E-state index in [-0.39, 0.29) is 12.6 Å². The summed E-state index contributed by atoms with van der Waals surface area (Å²) in [6.07, 6.45) is -2.06. The summed E-state index contributed by atoms with van der Waals surface area (Å²) in [5, 5.41) is 3.62. The standard InChI is InChI=1S/C29H32F3N5O/c1-16-6-11-24(38-5)23(14-16)28-36-27-25(37(28)15-20-7-9-22(10-8-20)29(30,31)32)26(34-19(4)35-27)33-18(3)21-12-17(2)13-21/h6-11,14,17-18,21H,12-13,15H2,1-5H3,(H,33,34,35). The second kappa shape index (κ2) is 9.93. The molecule has 2 aromatic heterocycles. The Morgan fingerprint density at radius 3 is 2.39 bits per heavy atom. The molecule has 0 spiro atoms. The molecule has 1 unspecified atom stereocenters. The third-order valence-corrected chi connectivity index (χ3v) is 7.41. The van der Waals surface area contributed by atoms with E-state index in [1.165, 1.54) is 12.1 Å². The first-order valence-corrected chi connectivity index (χ1v) is 12.9. The third kappa shape index (κ3) is 5.06. The molecule has 5 rings (SSSR count). The molecule has 200 valence electrons. The maximum Gasteiger partial charge on any atom is 0.416 e. The fourth-order valence-corrected chi connectivity index (χ4v) is 5.29. The maximum absolute atomic E-state index is 13.2. The quantitative estimate of drug-likeness (QED) is 0.282. The monoisotopic (exact) mass is 523 g/mol. The van der Waals surface area contributed by atoms with Gasteiger partial charge >= 0.3 is 6.18 Å². The van der Waals surface area contributed by atoms with Crippen molar-refractivity contribution in [3.05, 3.63) is 65.0 Å². The fourth-order valence-electron chi connectivity index (χ4n) is 5.29. The van der Waals surface area contributed by atoms with Crippen LogP contribution in [0.4, 0.5) is 19.0 Å². The molecule has 0 aliphatic heterocycles. The normalized spacial score (nSPS) is 18.3. The summed E-state index contributed by atoms with van der Waals surface area (Å²) in [4.78, 5) is 14.3. The minimum Gasteiger partial charge on any atom is -0.496 e. The molecular formula is C29H32F3N5O. The Labute approximate surface area is 220 Å². The summed E-state index contributed by atoms with van der Waals surface area (Å²) in [6, 6.07) is 11.3. The number of aromatic nitrogens is 4. The predicted octanol–water partition coefficient (Wildman–Crippen LogP) is 7.03. The number of rotatable bonds is 7. The summed E-state index contributed by atoms with van der Waals surface area (Å²) in [7, 11) is 1.61. The van der Waals surface area contributed by atoms with E-state index in [1.54, 1.807) is 7.11 Å². The van der Waals surface area contributed by atoms with E-state index in [2.05, 4.69) is 24.1 Å². The van der Waals surface area contributed by atoms with E-state index in [9.17, 15) is 13.2 Å². The van der Waals surface area contributed by atoms with Gasteiger partial charge in [-0.15, -0.1) is 0 Å². The van der Waals surface area contributed by atoms with Crippen LogP contribution >= 0.6 is 0 Å². The van der Waals surface area contributed by atoms with Crippen molar-refractivity contribution in [1.82, 2.24) is 19.5 Å². The number of hydrogen-bond acceptors (Lipinski definition) is 5. The summed E-state index contributed by atoms with van der Waals surface area (Å²) in [5.74, 6) is 3.82. The molecular weight excluding hydrogens is 491 g/mol.